The molecule has 0 aliphatic rings. The predicted molar refractivity (Wildman–Crippen MR) is 89.5 cm³/mol. The summed E-state index contributed by atoms with van der Waals surface area (Å²) in [6, 6.07) is 7.86. The lowest BCUT2D eigenvalue weighted by atomic mass is 9.87. The SMILES string of the molecule is CSc1nc(-c2ccc(C(C)(C)C)cc2)nc2c(F)c(=O)[nH]n12. The van der Waals surface area contributed by atoms with Gasteiger partial charge in [0.2, 0.25) is 5.82 Å². The van der Waals surface area contributed by atoms with Gasteiger partial charge in [-0.25, -0.2) is 14.5 Å². The minimum absolute atomic E-state index is 0.0377. The Balaban J connectivity index is 2.16. The number of nitrogens with zero attached hydrogens (tertiary/aromatic N) is 3. The number of aromatic amines is 1. The molecule has 23 heavy (non-hydrogen) atoms. The molecule has 0 unspecified atom stereocenters. The minimum atomic E-state index is -0.893. The van der Waals surface area contributed by atoms with Crippen LogP contribution in [-0.4, -0.2) is 25.8 Å². The summed E-state index contributed by atoms with van der Waals surface area (Å²) < 4.78 is 15.2. The highest BCUT2D eigenvalue weighted by atomic mass is 32.2. The van der Waals surface area contributed by atoms with Gasteiger partial charge in [0.15, 0.2) is 16.6 Å². The van der Waals surface area contributed by atoms with Gasteiger partial charge in [-0.1, -0.05) is 56.8 Å². The highest BCUT2D eigenvalue weighted by molar-refractivity contribution is 7.98. The first-order chi connectivity index (χ1) is 10.8. The van der Waals surface area contributed by atoms with Crippen molar-refractivity contribution in [3.63, 3.8) is 0 Å². The Kier molecular flexibility index (Phi) is 3.75. The van der Waals surface area contributed by atoms with Crippen LogP contribution in [0.2, 0.25) is 0 Å². The minimum Gasteiger partial charge on any atom is -0.265 e. The van der Waals surface area contributed by atoms with Crippen LogP contribution < -0.4 is 5.56 Å². The molecule has 1 N–H and O–H groups in total. The zero-order valence-corrected chi connectivity index (χ0v) is 14.2. The van der Waals surface area contributed by atoms with Crippen LogP contribution in [0.3, 0.4) is 0 Å². The molecule has 0 saturated heterocycles. The molecule has 1 aromatic carbocycles. The molecular formula is C16H17FN4OS. The largest absolute Gasteiger partial charge is 0.302 e. The zero-order chi connectivity index (χ0) is 16.8. The second kappa shape index (κ2) is 5.49. The van der Waals surface area contributed by atoms with E-state index in [1.54, 1.807) is 0 Å². The molecule has 2 heterocycles. The van der Waals surface area contributed by atoms with Gasteiger partial charge in [-0.3, -0.25) is 9.89 Å². The van der Waals surface area contributed by atoms with E-state index in [0.29, 0.717) is 11.0 Å². The maximum absolute atomic E-state index is 13.9. The second-order valence-electron chi connectivity index (χ2n) is 6.28. The summed E-state index contributed by atoms with van der Waals surface area (Å²) in [5, 5.41) is 2.87. The summed E-state index contributed by atoms with van der Waals surface area (Å²) in [5.74, 6) is -0.497. The second-order valence-corrected chi connectivity index (χ2v) is 7.05. The van der Waals surface area contributed by atoms with Gasteiger partial charge < -0.3 is 0 Å². The van der Waals surface area contributed by atoms with Crippen molar-refractivity contribution in [1.29, 1.82) is 0 Å². The molecule has 5 nitrogen and oxygen atoms in total. The molecule has 7 heteroatoms. The van der Waals surface area contributed by atoms with E-state index in [0.717, 1.165) is 5.56 Å². The fourth-order valence-corrected chi connectivity index (χ4v) is 2.78. The Bertz CT molecular complexity index is 922. The summed E-state index contributed by atoms with van der Waals surface area (Å²) >= 11 is 1.31. The number of hydrogen-bond acceptors (Lipinski definition) is 4. The Labute approximate surface area is 137 Å². The molecule has 0 bridgehead atoms. The van der Waals surface area contributed by atoms with Crippen LogP contribution >= 0.6 is 11.8 Å². The van der Waals surface area contributed by atoms with Crippen molar-refractivity contribution in [3.8, 4) is 11.4 Å². The van der Waals surface area contributed by atoms with Crippen LogP contribution in [-0.2, 0) is 5.41 Å². The molecule has 3 rings (SSSR count). The van der Waals surface area contributed by atoms with E-state index in [4.69, 9.17) is 0 Å². The van der Waals surface area contributed by atoms with E-state index >= 15 is 0 Å². The van der Waals surface area contributed by atoms with Gasteiger partial charge in [0.05, 0.1) is 0 Å². The van der Waals surface area contributed by atoms with Crippen molar-refractivity contribution in [1.82, 2.24) is 19.6 Å². The first-order valence-corrected chi connectivity index (χ1v) is 8.37. The lowest BCUT2D eigenvalue weighted by Crippen LogP contribution is -2.10. The molecule has 2 aromatic heterocycles. The van der Waals surface area contributed by atoms with Crippen molar-refractivity contribution in [3.05, 3.63) is 46.0 Å². The third-order valence-electron chi connectivity index (χ3n) is 3.62. The topological polar surface area (TPSA) is 63.0 Å². The standard InChI is InChI=1S/C16H17FN4OS/c1-16(2,3)10-7-5-9(6-8-10)12-18-13-11(17)14(22)20-21(13)15(19-12)23-4/h5-8H,1-4H3,(H,20,22). The van der Waals surface area contributed by atoms with E-state index in [1.807, 2.05) is 30.5 Å². The predicted octanol–water partition coefficient (Wildman–Crippen LogP) is 3.24. The van der Waals surface area contributed by atoms with Crippen molar-refractivity contribution in [2.24, 2.45) is 0 Å². The number of halogens is 1. The quantitative estimate of drug-likeness (QED) is 0.732. The van der Waals surface area contributed by atoms with E-state index in [2.05, 4.69) is 35.8 Å². The van der Waals surface area contributed by atoms with Gasteiger partial charge in [0.1, 0.15) is 0 Å². The third kappa shape index (κ3) is 2.76. The highest BCUT2D eigenvalue weighted by Crippen LogP contribution is 2.26. The summed E-state index contributed by atoms with van der Waals surface area (Å²) in [5.41, 5.74) is 1.19. The molecule has 0 saturated carbocycles. The number of fused-ring (bicyclic) bond motifs is 1. The van der Waals surface area contributed by atoms with Gasteiger partial charge in [0, 0.05) is 5.56 Å². The highest BCUT2D eigenvalue weighted by Gasteiger charge is 2.17. The molecule has 0 spiro atoms. The van der Waals surface area contributed by atoms with Crippen molar-refractivity contribution < 1.29 is 4.39 Å². The maximum atomic E-state index is 13.9. The Morgan fingerprint density at radius 3 is 2.39 bits per heavy atom. The third-order valence-corrected chi connectivity index (χ3v) is 4.26. The first-order valence-electron chi connectivity index (χ1n) is 7.14. The molecule has 0 radical (unpaired) electrons. The molecule has 0 amide bonds. The average Bonchev–Trinajstić information content (AvgIpc) is 2.81. The van der Waals surface area contributed by atoms with E-state index in [9.17, 15) is 9.18 Å². The molecule has 0 fully saturated rings. The number of hydrogen-bond donors (Lipinski definition) is 1. The number of thioether (sulfide) groups is 1. The molecular weight excluding hydrogens is 315 g/mol. The van der Waals surface area contributed by atoms with Gasteiger partial charge in [-0.05, 0) is 17.2 Å². The van der Waals surface area contributed by atoms with Crippen molar-refractivity contribution in [2.45, 2.75) is 31.3 Å². The number of rotatable bonds is 2. The fourth-order valence-electron chi connectivity index (χ4n) is 2.29. The van der Waals surface area contributed by atoms with Crippen LogP contribution in [0, 0.1) is 5.82 Å². The summed E-state index contributed by atoms with van der Waals surface area (Å²) in [6.45, 7) is 6.41. The summed E-state index contributed by atoms with van der Waals surface area (Å²) in [7, 11) is 0. The van der Waals surface area contributed by atoms with Gasteiger partial charge in [0.25, 0.3) is 0 Å². The van der Waals surface area contributed by atoms with Gasteiger partial charge >= 0.3 is 5.56 Å². The van der Waals surface area contributed by atoms with Gasteiger partial charge in [-0.2, -0.15) is 4.39 Å². The smallest absolute Gasteiger partial charge is 0.265 e. The van der Waals surface area contributed by atoms with Gasteiger partial charge in [-0.15, -0.1) is 0 Å². The van der Waals surface area contributed by atoms with E-state index in [-0.39, 0.29) is 11.1 Å². The molecule has 0 aliphatic heterocycles. The van der Waals surface area contributed by atoms with Crippen LogP contribution in [0.1, 0.15) is 26.3 Å². The van der Waals surface area contributed by atoms with Crippen LogP contribution in [0.5, 0.6) is 0 Å². The number of benzene rings is 1. The van der Waals surface area contributed by atoms with Crippen LogP contribution in [0.15, 0.2) is 34.2 Å². The molecule has 0 atom stereocenters. The zero-order valence-electron chi connectivity index (χ0n) is 13.3. The van der Waals surface area contributed by atoms with Crippen LogP contribution in [0.4, 0.5) is 4.39 Å². The average molecular weight is 332 g/mol. The molecule has 120 valence electrons. The number of nitrogens with one attached hydrogen (secondary N) is 1. The normalized spacial score (nSPS) is 12.0. The number of H-pyrrole nitrogens is 1. The lowest BCUT2D eigenvalue weighted by Gasteiger charge is -2.19. The Hall–Kier alpha value is -2.15. The number of aromatic nitrogens is 4. The molecule has 0 aliphatic carbocycles. The van der Waals surface area contributed by atoms with Crippen LogP contribution in [0.25, 0.3) is 17.0 Å². The fraction of sp³-hybridized carbons (Fsp3) is 0.312. The van der Waals surface area contributed by atoms with E-state index in [1.165, 1.54) is 21.8 Å². The Morgan fingerprint density at radius 1 is 1.17 bits per heavy atom. The monoisotopic (exact) mass is 332 g/mol. The van der Waals surface area contributed by atoms with Crippen molar-refractivity contribution >= 4 is 17.4 Å². The lowest BCUT2D eigenvalue weighted by molar-refractivity contribution is 0.590. The van der Waals surface area contributed by atoms with E-state index < -0.39 is 11.4 Å². The molecule has 3 aromatic rings. The Morgan fingerprint density at radius 2 is 1.83 bits per heavy atom. The first kappa shape index (κ1) is 15.7. The maximum Gasteiger partial charge on any atom is 0.302 e. The summed E-state index contributed by atoms with van der Waals surface area (Å²) in [4.78, 5) is 20.1. The van der Waals surface area contributed by atoms with Crippen molar-refractivity contribution in [2.75, 3.05) is 6.26 Å². The summed E-state index contributed by atoms with van der Waals surface area (Å²) in [6.07, 6.45) is 1.81.